The van der Waals surface area contributed by atoms with Crippen LogP contribution < -0.4 is 21.9 Å². The Morgan fingerprint density at radius 1 is 1.56 bits per heavy atom. The van der Waals surface area contributed by atoms with E-state index < -0.39 is 6.04 Å². The Hall–Kier alpha value is -2.15. The molecule has 0 aromatic carbocycles. The second-order valence-electron chi connectivity index (χ2n) is 4.02. The highest BCUT2D eigenvalue weighted by Gasteiger charge is 2.24. The molecule has 1 fully saturated rings. The number of nitrogens with one attached hydrogen (secondary N) is 3. The maximum atomic E-state index is 12.0. The summed E-state index contributed by atoms with van der Waals surface area (Å²) < 4.78 is 0. The number of hydrogen-bond donors (Lipinski definition) is 4. The fraction of sp³-hybridized carbons (Fsp3) is 0.364. The van der Waals surface area contributed by atoms with E-state index >= 15 is 0 Å². The zero-order valence-corrected chi connectivity index (χ0v) is 9.77. The quantitative estimate of drug-likeness (QED) is 0.421. The number of anilines is 1. The highest BCUT2D eigenvalue weighted by molar-refractivity contribution is 6.01. The van der Waals surface area contributed by atoms with Crippen LogP contribution in [-0.4, -0.2) is 29.4 Å². The lowest BCUT2D eigenvalue weighted by Crippen LogP contribution is -2.50. The fourth-order valence-electron chi connectivity index (χ4n) is 1.85. The Labute approximate surface area is 104 Å². The zero-order chi connectivity index (χ0) is 13.0. The number of carbonyl (C=O) groups is 2. The number of piperidine rings is 1. The molecular formula is C11H15N5O2. The smallest absolute Gasteiger partial charge is 0.255 e. The molecule has 0 bridgehead atoms. The number of pyridine rings is 1. The van der Waals surface area contributed by atoms with E-state index in [0.717, 1.165) is 6.42 Å². The van der Waals surface area contributed by atoms with Gasteiger partial charge in [0, 0.05) is 18.9 Å². The predicted octanol–water partition coefficient (Wildman–Crippen LogP) is -0.624. The van der Waals surface area contributed by atoms with Gasteiger partial charge in [-0.25, -0.2) is 0 Å². The molecule has 1 aliphatic heterocycles. The van der Waals surface area contributed by atoms with Crippen LogP contribution in [-0.2, 0) is 4.79 Å². The van der Waals surface area contributed by atoms with Crippen molar-refractivity contribution in [3.8, 4) is 0 Å². The molecule has 0 saturated carbocycles. The number of aromatic nitrogens is 1. The van der Waals surface area contributed by atoms with E-state index in [9.17, 15) is 9.59 Å². The van der Waals surface area contributed by atoms with Crippen LogP contribution in [0.2, 0.25) is 0 Å². The van der Waals surface area contributed by atoms with E-state index in [4.69, 9.17) is 5.84 Å². The average Bonchev–Trinajstić information content (AvgIpc) is 2.41. The van der Waals surface area contributed by atoms with Crippen molar-refractivity contribution in [1.29, 1.82) is 0 Å². The Kier molecular flexibility index (Phi) is 3.73. The van der Waals surface area contributed by atoms with Crippen LogP contribution in [0.5, 0.6) is 0 Å². The molecular weight excluding hydrogens is 234 g/mol. The predicted molar refractivity (Wildman–Crippen MR) is 65.5 cm³/mol. The average molecular weight is 249 g/mol. The Balaban J connectivity index is 2.09. The summed E-state index contributed by atoms with van der Waals surface area (Å²) in [5, 5.41) is 5.38. The number of nitrogens with two attached hydrogens (primary N) is 1. The molecule has 5 N–H and O–H groups in total. The van der Waals surface area contributed by atoms with Crippen LogP contribution in [0, 0.1) is 0 Å². The SMILES string of the molecule is NNc1ccncc1C(=O)NC1CCCNC1=O. The fourth-order valence-corrected chi connectivity index (χ4v) is 1.85. The first-order chi connectivity index (χ1) is 8.72. The minimum atomic E-state index is -0.489. The summed E-state index contributed by atoms with van der Waals surface area (Å²) in [6.45, 7) is 0.660. The molecule has 0 aliphatic carbocycles. The van der Waals surface area contributed by atoms with Crippen molar-refractivity contribution in [2.75, 3.05) is 12.0 Å². The third-order valence-corrected chi connectivity index (χ3v) is 2.81. The second kappa shape index (κ2) is 5.46. The van der Waals surface area contributed by atoms with Crippen molar-refractivity contribution >= 4 is 17.5 Å². The Morgan fingerprint density at radius 2 is 2.39 bits per heavy atom. The van der Waals surface area contributed by atoms with E-state index in [1.54, 1.807) is 6.07 Å². The van der Waals surface area contributed by atoms with Crippen molar-refractivity contribution < 1.29 is 9.59 Å². The number of amides is 2. The number of hydrazine groups is 1. The standard InChI is InChI=1S/C11H15N5O2/c12-16-8-3-5-13-6-7(8)10(17)15-9-2-1-4-14-11(9)18/h3,5-6,9H,1-2,4,12H2,(H,13,16)(H,14,18)(H,15,17). The first-order valence-corrected chi connectivity index (χ1v) is 5.71. The lowest BCUT2D eigenvalue weighted by Gasteiger charge is -2.23. The summed E-state index contributed by atoms with van der Waals surface area (Å²) >= 11 is 0. The van der Waals surface area contributed by atoms with Crippen LogP contribution in [0.15, 0.2) is 18.5 Å². The van der Waals surface area contributed by atoms with Crippen LogP contribution in [0.4, 0.5) is 5.69 Å². The zero-order valence-electron chi connectivity index (χ0n) is 9.77. The maximum Gasteiger partial charge on any atom is 0.255 e. The molecule has 7 nitrogen and oxygen atoms in total. The molecule has 2 amide bonds. The van der Waals surface area contributed by atoms with Crippen LogP contribution in [0.3, 0.4) is 0 Å². The van der Waals surface area contributed by atoms with E-state index in [1.807, 2.05) is 0 Å². The number of carbonyl (C=O) groups excluding carboxylic acids is 2. The lowest BCUT2D eigenvalue weighted by molar-refractivity contribution is -0.124. The van der Waals surface area contributed by atoms with Gasteiger partial charge in [0.15, 0.2) is 0 Å². The van der Waals surface area contributed by atoms with Gasteiger partial charge < -0.3 is 16.1 Å². The third-order valence-electron chi connectivity index (χ3n) is 2.81. The maximum absolute atomic E-state index is 12.0. The number of nitrogen functional groups attached to an aromatic ring is 1. The van der Waals surface area contributed by atoms with Crippen LogP contribution in [0.25, 0.3) is 0 Å². The molecule has 0 radical (unpaired) electrons. The molecule has 1 unspecified atom stereocenters. The van der Waals surface area contributed by atoms with Gasteiger partial charge in [0.25, 0.3) is 5.91 Å². The summed E-state index contributed by atoms with van der Waals surface area (Å²) in [5.74, 6) is 4.80. The summed E-state index contributed by atoms with van der Waals surface area (Å²) in [6, 6.07) is 1.10. The molecule has 1 atom stereocenters. The van der Waals surface area contributed by atoms with Crippen molar-refractivity contribution in [2.45, 2.75) is 18.9 Å². The molecule has 96 valence electrons. The van der Waals surface area contributed by atoms with Gasteiger partial charge in [0.1, 0.15) is 6.04 Å². The van der Waals surface area contributed by atoms with E-state index in [-0.39, 0.29) is 11.8 Å². The summed E-state index contributed by atoms with van der Waals surface area (Å²) in [6.07, 6.45) is 4.43. The topological polar surface area (TPSA) is 109 Å². The van der Waals surface area contributed by atoms with Gasteiger partial charge in [-0.1, -0.05) is 0 Å². The van der Waals surface area contributed by atoms with Crippen molar-refractivity contribution in [3.63, 3.8) is 0 Å². The molecule has 1 aromatic rings. The van der Waals surface area contributed by atoms with Crippen LogP contribution >= 0.6 is 0 Å². The van der Waals surface area contributed by atoms with Gasteiger partial charge in [-0.15, -0.1) is 0 Å². The normalized spacial score (nSPS) is 18.9. The highest BCUT2D eigenvalue weighted by Crippen LogP contribution is 2.12. The van der Waals surface area contributed by atoms with Gasteiger partial charge in [-0.3, -0.25) is 20.4 Å². The summed E-state index contributed by atoms with van der Waals surface area (Å²) in [5.41, 5.74) is 3.21. The van der Waals surface area contributed by atoms with E-state index in [2.05, 4.69) is 21.0 Å². The number of nitrogens with zero attached hydrogens (tertiary/aromatic N) is 1. The first-order valence-electron chi connectivity index (χ1n) is 5.71. The number of hydrogen-bond acceptors (Lipinski definition) is 5. The van der Waals surface area contributed by atoms with Crippen molar-refractivity contribution in [1.82, 2.24) is 15.6 Å². The largest absolute Gasteiger partial charge is 0.354 e. The third kappa shape index (κ3) is 2.57. The van der Waals surface area contributed by atoms with E-state index in [1.165, 1.54) is 12.4 Å². The molecule has 2 rings (SSSR count). The first kappa shape index (κ1) is 12.3. The van der Waals surface area contributed by atoms with Gasteiger partial charge in [-0.2, -0.15) is 0 Å². The highest BCUT2D eigenvalue weighted by atomic mass is 16.2. The second-order valence-corrected chi connectivity index (χ2v) is 4.02. The monoisotopic (exact) mass is 249 g/mol. The summed E-state index contributed by atoms with van der Waals surface area (Å²) in [7, 11) is 0. The van der Waals surface area contributed by atoms with E-state index in [0.29, 0.717) is 24.2 Å². The van der Waals surface area contributed by atoms with Gasteiger partial charge in [0.2, 0.25) is 5.91 Å². The molecule has 2 heterocycles. The van der Waals surface area contributed by atoms with Crippen molar-refractivity contribution in [3.05, 3.63) is 24.0 Å². The van der Waals surface area contributed by atoms with Gasteiger partial charge >= 0.3 is 0 Å². The van der Waals surface area contributed by atoms with Crippen molar-refractivity contribution in [2.24, 2.45) is 5.84 Å². The Bertz CT molecular complexity index is 463. The van der Waals surface area contributed by atoms with Gasteiger partial charge in [0.05, 0.1) is 11.3 Å². The lowest BCUT2D eigenvalue weighted by atomic mass is 10.1. The van der Waals surface area contributed by atoms with Crippen LogP contribution in [0.1, 0.15) is 23.2 Å². The molecule has 18 heavy (non-hydrogen) atoms. The minimum absolute atomic E-state index is 0.152. The molecule has 0 spiro atoms. The molecule has 1 saturated heterocycles. The Morgan fingerprint density at radius 3 is 3.11 bits per heavy atom. The minimum Gasteiger partial charge on any atom is -0.354 e. The summed E-state index contributed by atoms with van der Waals surface area (Å²) in [4.78, 5) is 27.4. The molecule has 1 aromatic heterocycles. The molecule has 7 heteroatoms. The molecule has 1 aliphatic rings. The van der Waals surface area contributed by atoms with Gasteiger partial charge in [-0.05, 0) is 18.9 Å². The number of rotatable bonds is 3.